The van der Waals surface area contributed by atoms with Gasteiger partial charge in [-0.05, 0) is 37.9 Å². The van der Waals surface area contributed by atoms with Crippen molar-refractivity contribution < 1.29 is 0 Å². The summed E-state index contributed by atoms with van der Waals surface area (Å²) in [5, 5.41) is 0. The third-order valence-electron chi connectivity index (χ3n) is 4.40. The molecule has 0 spiro atoms. The summed E-state index contributed by atoms with van der Waals surface area (Å²) >= 11 is 0. The van der Waals surface area contributed by atoms with Gasteiger partial charge in [0.1, 0.15) is 5.82 Å². The van der Waals surface area contributed by atoms with E-state index in [0.717, 1.165) is 31.8 Å². The van der Waals surface area contributed by atoms with Gasteiger partial charge in [0, 0.05) is 38.1 Å². The molecule has 2 aromatic rings. The van der Waals surface area contributed by atoms with Gasteiger partial charge in [0.25, 0.3) is 0 Å². The van der Waals surface area contributed by atoms with Crippen LogP contribution in [0, 0.1) is 6.92 Å². The second-order valence-corrected chi connectivity index (χ2v) is 5.96. The molecule has 0 saturated carbocycles. The molecule has 3 heteroatoms. The summed E-state index contributed by atoms with van der Waals surface area (Å²) in [4.78, 5) is 7.02. The Morgan fingerprint density at radius 3 is 2.43 bits per heavy atom. The van der Waals surface area contributed by atoms with Gasteiger partial charge in [-0.3, -0.25) is 0 Å². The Labute approximate surface area is 126 Å². The molecule has 1 saturated heterocycles. The highest BCUT2D eigenvalue weighted by Gasteiger charge is 2.20. The highest BCUT2D eigenvalue weighted by atomic mass is 15.1. The molecule has 3 rings (SSSR count). The van der Waals surface area contributed by atoms with E-state index < -0.39 is 0 Å². The van der Waals surface area contributed by atoms with Gasteiger partial charge in [-0.1, -0.05) is 29.8 Å². The number of aryl methyl sites for hydroxylation is 2. The first kappa shape index (κ1) is 14.1. The van der Waals surface area contributed by atoms with Crippen molar-refractivity contribution in [3.63, 3.8) is 0 Å². The lowest BCUT2D eigenvalue weighted by Gasteiger charge is -2.27. The number of nitrogens with zero attached hydrogens (tertiary/aromatic N) is 3. The first-order valence-corrected chi connectivity index (χ1v) is 7.61. The standard InChI is InChI=1S/C18H23N3/c1-14-6-4-5-7-16(14)17(18-19-10-13-21(18)3)15-8-11-20(2)12-9-15/h4-7,10,13H,8-9,11-12H2,1-3H3. The van der Waals surface area contributed by atoms with Gasteiger partial charge in [0.15, 0.2) is 0 Å². The lowest BCUT2D eigenvalue weighted by molar-refractivity contribution is 0.313. The van der Waals surface area contributed by atoms with Crippen molar-refractivity contribution >= 4 is 5.57 Å². The molecule has 0 aliphatic carbocycles. The van der Waals surface area contributed by atoms with Crippen LogP contribution in [0.1, 0.15) is 29.8 Å². The number of likely N-dealkylation sites (tertiary alicyclic amines) is 1. The maximum Gasteiger partial charge on any atom is 0.140 e. The molecule has 1 aliphatic rings. The zero-order valence-electron chi connectivity index (χ0n) is 13.1. The number of benzene rings is 1. The number of rotatable bonds is 2. The van der Waals surface area contributed by atoms with Crippen LogP contribution in [0.4, 0.5) is 0 Å². The summed E-state index contributed by atoms with van der Waals surface area (Å²) in [7, 11) is 4.28. The molecule has 1 aromatic carbocycles. The van der Waals surface area contributed by atoms with E-state index in [9.17, 15) is 0 Å². The number of hydrogen-bond donors (Lipinski definition) is 0. The zero-order chi connectivity index (χ0) is 14.8. The van der Waals surface area contributed by atoms with Crippen LogP contribution in [0.5, 0.6) is 0 Å². The van der Waals surface area contributed by atoms with Crippen LogP contribution in [-0.2, 0) is 7.05 Å². The summed E-state index contributed by atoms with van der Waals surface area (Å²) in [6, 6.07) is 8.65. The molecule has 2 heterocycles. The second kappa shape index (κ2) is 5.86. The van der Waals surface area contributed by atoms with E-state index in [4.69, 9.17) is 0 Å². The van der Waals surface area contributed by atoms with Crippen LogP contribution < -0.4 is 0 Å². The molecule has 3 nitrogen and oxygen atoms in total. The van der Waals surface area contributed by atoms with Crippen molar-refractivity contribution in [1.82, 2.24) is 14.5 Å². The molecule has 110 valence electrons. The van der Waals surface area contributed by atoms with E-state index in [1.54, 1.807) is 0 Å². The van der Waals surface area contributed by atoms with Crippen LogP contribution in [0.25, 0.3) is 5.57 Å². The van der Waals surface area contributed by atoms with Crippen LogP contribution in [0.2, 0.25) is 0 Å². The normalized spacial score (nSPS) is 16.2. The molecule has 0 amide bonds. The smallest absolute Gasteiger partial charge is 0.140 e. The zero-order valence-corrected chi connectivity index (χ0v) is 13.1. The first-order chi connectivity index (χ1) is 10.2. The van der Waals surface area contributed by atoms with Crippen LogP contribution in [-0.4, -0.2) is 34.6 Å². The highest BCUT2D eigenvalue weighted by Crippen LogP contribution is 2.32. The number of aromatic nitrogens is 2. The average Bonchev–Trinajstić information content (AvgIpc) is 2.89. The monoisotopic (exact) mass is 281 g/mol. The fourth-order valence-corrected chi connectivity index (χ4v) is 3.07. The minimum atomic E-state index is 1.09. The number of piperidine rings is 1. The van der Waals surface area contributed by atoms with Gasteiger partial charge in [0.2, 0.25) is 0 Å². The van der Waals surface area contributed by atoms with E-state index in [-0.39, 0.29) is 0 Å². The van der Waals surface area contributed by atoms with Crippen LogP contribution in [0.3, 0.4) is 0 Å². The van der Waals surface area contributed by atoms with Gasteiger partial charge in [-0.25, -0.2) is 4.98 Å². The van der Waals surface area contributed by atoms with Crippen molar-refractivity contribution in [2.75, 3.05) is 20.1 Å². The van der Waals surface area contributed by atoms with E-state index in [1.165, 1.54) is 22.3 Å². The number of hydrogen-bond acceptors (Lipinski definition) is 2. The average molecular weight is 281 g/mol. The molecule has 0 bridgehead atoms. The lowest BCUT2D eigenvalue weighted by Crippen LogP contribution is -2.27. The highest BCUT2D eigenvalue weighted by molar-refractivity contribution is 5.80. The molecule has 0 atom stereocenters. The third kappa shape index (κ3) is 2.79. The molecule has 1 aromatic heterocycles. The molecule has 21 heavy (non-hydrogen) atoms. The minimum absolute atomic E-state index is 1.09. The maximum absolute atomic E-state index is 4.62. The Kier molecular flexibility index (Phi) is 3.93. The summed E-state index contributed by atoms with van der Waals surface area (Å²) < 4.78 is 2.13. The third-order valence-corrected chi connectivity index (χ3v) is 4.40. The van der Waals surface area contributed by atoms with Crippen molar-refractivity contribution in [3.05, 3.63) is 59.2 Å². The Balaban J connectivity index is 2.15. The Hall–Kier alpha value is -1.87. The fourth-order valence-electron chi connectivity index (χ4n) is 3.07. The largest absolute Gasteiger partial charge is 0.334 e. The maximum atomic E-state index is 4.62. The predicted octanol–water partition coefficient (Wildman–Crippen LogP) is 3.26. The molecule has 0 N–H and O–H groups in total. The van der Waals surface area contributed by atoms with E-state index in [2.05, 4.69) is 59.7 Å². The molecule has 0 unspecified atom stereocenters. The lowest BCUT2D eigenvalue weighted by atomic mass is 9.90. The van der Waals surface area contributed by atoms with E-state index in [1.807, 2.05) is 12.4 Å². The topological polar surface area (TPSA) is 21.1 Å². The number of imidazole rings is 1. The van der Waals surface area contributed by atoms with Gasteiger partial charge >= 0.3 is 0 Å². The molecular weight excluding hydrogens is 258 g/mol. The van der Waals surface area contributed by atoms with Crippen molar-refractivity contribution in [1.29, 1.82) is 0 Å². The van der Waals surface area contributed by atoms with Gasteiger partial charge in [0.05, 0.1) is 0 Å². The summed E-state index contributed by atoms with van der Waals surface area (Å²) in [6.07, 6.45) is 6.19. The quantitative estimate of drug-likeness (QED) is 0.842. The molecular formula is C18H23N3. The fraction of sp³-hybridized carbons (Fsp3) is 0.389. The minimum Gasteiger partial charge on any atom is -0.334 e. The predicted molar refractivity (Wildman–Crippen MR) is 87.1 cm³/mol. The van der Waals surface area contributed by atoms with Gasteiger partial charge in [-0.2, -0.15) is 0 Å². The SMILES string of the molecule is Cc1ccccc1C(=C1CCN(C)CC1)c1nccn1C. The Bertz CT molecular complexity index is 657. The second-order valence-electron chi connectivity index (χ2n) is 5.96. The Morgan fingerprint density at radius 1 is 1.10 bits per heavy atom. The first-order valence-electron chi connectivity index (χ1n) is 7.61. The van der Waals surface area contributed by atoms with Crippen LogP contribution in [0.15, 0.2) is 42.2 Å². The van der Waals surface area contributed by atoms with Crippen molar-refractivity contribution in [2.45, 2.75) is 19.8 Å². The van der Waals surface area contributed by atoms with Gasteiger partial charge in [-0.15, -0.1) is 0 Å². The van der Waals surface area contributed by atoms with Crippen LogP contribution >= 0.6 is 0 Å². The summed E-state index contributed by atoms with van der Waals surface area (Å²) in [5.41, 5.74) is 5.53. The summed E-state index contributed by atoms with van der Waals surface area (Å²) in [6.45, 7) is 4.46. The van der Waals surface area contributed by atoms with Crippen molar-refractivity contribution in [3.8, 4) is 0 Å². The van der Waals surface area contributed by atoms with Crippen molar-refractivity contribution in [2.24, 2.45) is 7.05 Å². The molecule has 1 fully saturated rings. The van der Waals surface area contributed by atoms with E-state index >= 15 is 0 Å². The molecule has 1 aliphatic heterocycles. The van der Waals surface area contributed by atoms with Gasteiger partial charge < -0.3 is 9.47 Å². The molecule has 0 radical (unpaired) electrons. The summed E-state index contributed by atoms with van der Waals surface area (Å²) in [5.74, 6) is 1.09. The van der Waals surface area contributed by atoms with E-state index in [0.29, 0.717) is 0 Å². The Morgan fingerprint density at radius 2 is 1.81 bits per heavy atom.